The number of aromatic nitrogens is 2. The first-order valence-electron chi connectivity index (χ1n) is 11.3. The van der Waals surface area contributed by atoms with E-state index in [2.05, 4.69) is 17.2 Å². The van der Waals surface area contributed by atoms with E-state index in [0.29, 0.717) is 41.8 Å². The van der Waals surface area contributed by atoms with Crippen LogP contribution >= 0.6 is 11.6 Å². The van der Waals surface area contributed by atoms with Crippen molar-refractivity contribution < 1.29 is 22.8 Å². The van der Waals surface area contributed by atoms with E-state index in [1.807, 2.05) is 0 Å². The highest BCUT2D eigenvalue weighted by Gasteiger charge is 2.50. The standard InChI is InChI=1S/C23H24ClF3N6O4/c1-3-4-11-31-17-18(29(2)22(36)32(19(17)34)14-15-5-7-16(24)8-6-15)33(37-20(35)23(25,26)27)21(31)30-12-9-28-10-13-30/h5-8,21,28H,9-14H2,1-2H3. The Kier molecular flexibility index (Phi) is 7.54. The van der Waals surface area contributed by atoms with Crippen LogP contribution in [0.3, 0.4) is 0 Å². The fourth-order valence-corrected chi connectivity index (χ4v) is 4.45. The molecule has 37 heavy (non-hydrogen) atoms. The zero-order chi connectivity index (χ0) is 26.9. The lowest BCUT2D eigenvalue weighted by molar-refractivity contribution is -0.203. The summed E-state index contributed by atoms with van der Waals surface area (Å²) in [5.41, 5.74) is -1.04. The van der Waals surface area contributed by atoms with Crippen LogP contribution in [0.2, 0.25) is 5.02 Å². The molecule has 3 heterocycles. The number of hydrogen-bond acceptors (Lipinski definition) is 8. The topological polar surface area (TPSA) is 92.0 Å². The van der Waals surface area contributed by atoms with Gasteiger partial charge < -0.3 is 15.1 Å². The molecule has 1 fully saturated rings. The number of fused-ring (bicyclic) bond motifs is 1. The lowest BCUT2D eigenvalue weighted by Crippen LogP contribution is -2.61. The van der Waals surface area contributed by atoms with Crippen LogP contribution in [0.25, 0.3) is 0 Å². The van der Waals surface area contributed by atoms with E-state index in [1.54, 1.807) is 36.1 Å². The molecule has 1 aromatic heterocycles. The minimum atomic E-state index is -5.30. The molecule has 4 rings (SSSR count). The van der Waals surface area contributed by atoms with Gasteiger partial charge in [0.05, 0.1) is 13.1 Å². The number of piperazine rings is 1. The number of benzene rings is 1. The fraction of sp³-hybridized carbons (Fsp3) is 0.435. The molecule has 2 aliphatic rings. The number of halogens is 4. The van der Waals surface area contributed by atoms with Gasteiger partial charge in [-0.25, -0.2) is 9.59 Å². The number of alkyl halides is 3. The Morgan fingerprint density at radius 3 is 2.43 bits per heavy atom. The number of anilines is 2. The van der Waals surface area contributed by atoms with Gasteiger partial charge in [-0.1, -0.05) is 29.7 Å². The maximum absolute atomic E-state index is 13.7. The number of carbonyl (C=O) groups excluding carboxylic acids is 1. The Morgan fingerprint density at radius 1 is 1.19 bits per heavy atom. The molecule has 1 N–H and O–H groups in total. The van der Waals surface area contributed by atoms with Gasteiger partial charge in [-0.05, 0) is 24.6 Å². The second-order valence-electron chi connectivity index (χ2n) is 8.42. The quantitative estimate of drug-likeness (QED) is 0.564. The molecule has 1 saturated heterocycles. The summed E-state index contributed by atoms with van der Waals surface area (Å²) in [6.07, 6.45) is -6.43. The van der Waals surface area contributed by atoms with Crippen molar-refractivity contribution >= 4 is 29.1 Å². The van der Waals surface area contributed by atoms with E-state index in [9.17, 15) is 27.6 Å². The van der Waals surface area contributed by atoms with E-state index < -0.39 is 29.7 Å². The van der Waals surface area contributed by atoms with Crippen LogP contribution in [-0.2, 0) is 23.2 Å². The van der Waals surface area contributed by atoms with Crippen LogP contribution in [0, 0.1) is 11.8 Å². The zero-order valence-electron chi connectivity index (χ0n) is 20.0. The Hall–Kier alpha value is -3.47. The number of hydroxylamine groups is 1. The summed E-state index contributed by atoms with van der Waals surface area (Å²) in [6, 6.07) is 6.54. The minimum Gasteiger partial charge on any atom is -0.327 e. The lowest BCUT2D eigenvalue weighted by atomic mass is 10.2. The third-order valence-corrected chi connectivity index (χ3v) is 6.30. The summed E-state index contributed by atoms with van der Waals surface area (Å²) in [5.74, 6) is 2.82. The molecule has 10 nitrogen and oxygen atoms in total. The summed E-state index contributed by atoms with van der Waals surface area (Å²) in [6.45, 7) is 3.19. The molecule has 14 heteroatoms. The van der Waals surface area contributed by atoms with Crippen molar-refractivity contribution in [3.8, 4) is 11.8 Å². The van der Waals surface area contributed by atoms with E-state index in [1.165, 1.54) is 11.9 Å². The van der Waals surface area contributed by atoms with Gasteiger partial charge >= 0.3 is 17.8 Å². The Morgan fingerprint density at radius 2 is 1.84 bits per heavy atom. The molecule has 1 aromatic carbocycles. The summed E-state index contributed by atoms with van der Waals surface area (Å²) >= 11 is 5.94. The van der Waals surface area contributed by atoms with Crippen LogP contribution in [0.1, 0.15) is 12.5 Å². The maximum atomic E-state index is 13.7. The third-order valence-electron chi connectivity index (χ3n) is 6.05. The van der Waals surface area contributed by atoms with E-state index >= 15 is 0 Å². The molecular formula is C23H24ClF3N6O4. The minimum absolute atomic E-state index is 0.0629. The summed E-state index contributed by atoms with van der Waals surface area (Å²) in [5, 5.41) is 4.32. The Labute approximate surface area is 214 Å². The highest BCUT2D eigenvalue weighted by molar-refractivity contribution is 6.30. The van der Waals surface area contributed by atoms with Crippen molar-refractivity contribution in [2.24, 2.45) is 7.05 Å². The predicted molar refractivity (Wildman–Crippen MR) is 130 cm³/mol. The summed E-state index contributed by atoms with van der Waals surface area (Å²) in [4.78, 5) is 47.0. The van der Waals surface area contributed by atoms with Crippen LogP contribution < -0.4 is 26.5 Å². The zero-order valence-corrected chi connectivity index (χ0v) is 20.8. The molecule has 0 radical (unpaired) electrons. The van der Waals surface area contributed by atoms with Gasteiger partial charge in [0.15, 0.2) is 17.8 Å². The van der Waals surface area contributed by atoms with Gasteiger partial charge in [0.2, 0.25) is 0 Å². The van der Waals surface area contributed by atoms with Crippen LogP contribution in [-0.4, -0.2) is 65.2 Å². The first-order chi connectivity index (χ1) is 17.5. The molecule has 1 atom stereocenters. The largest absolute Gasteiger partial charge is 0.493 e. The van der Waals surface area contributed by atoms with Gasteiger partial charge in [-0.2, -0.15) is 13.2 Å². The smallest absolute Gasteiger partial charge is 0.327 e. The van der Waals surface area contributed by atoms with Crippen LogP contribution in [0.4, 0.5) is 24.7 Å². The molecule has 2 aliphatic heterocycles. The molecule has 0 amide bonds. The molecule has 0 bridgehead atoms. The normalized spacial score (nSPS) is 17.8. The van der Waals surface area contributed by atoms with Crippen LogP contribution in [0.15, 0.2) is 33.9 Å². The van der Waals surface area contributed by atoms with Crippen molar-refractivity contribution in [1.82, 2.24) is 19.4 Å². The van der Waals surface area contributed by atoms with Crippen LogP contribution in [0.5, 0.6) is 0 Å². The maximum Gasteiger partial charge on any atom is 0.493 e. The number of hydrogen-bond donors (Lipinski definition) is 1. The first-order valence-corrected chi connectivity index (χ1v) is 11.7. The second-order valence-corrected chi connectivity index (χ2v) is 8.86. The van der Waals surface area contributed by atoms with Crippen molar-refractivity contribution in [3.63, 3.8) is 0 Å². The average Bonchev–Trinajstić information content (AvgIpc) is 3.19. The molecule has 2 aromatic rings. The number of carbonyl (C=O) groups is 1. The fourth-order valence-electron chi connectivity index (χ4n) is 4.32. The van der Waals surface area contributed by atoms with Gasteiger partial charge in [-0.3, -0.25) is 18.8 Å². The molecule has 0 spiro atoms. The van der Waals surface area contributed by atoms with Crippen molar-refractivity contribution in [2.45, 2.75) is 25.9 Å². The molecule has 198 valence electrons. The molecule has 1 unspecified atom stereocenters. The summed E-state index contributed by atoms with van der Waals surface area (Å²) < 4.78 is 41.7. The van der Waals surface area contributed by atoms with Crippen molar-refractivity contribution in [1.29, 1.82) is 0 Å². The molecular weight excluding hydrogens is 517 g/mol. The second kappa shape index (κ2) is 10.5. The third kappa shape index (κ3) is 5.18. The Bertz CT molecular complexity index is 1360. The highest BCUT2D eigenvalue weighted by Crippen LogP contribution is 2.38. The van der Waals surface area contributed by atoms with Crippen molar-refractivity contribution in [2.75, 3.05) is 42.7 Å². The van der Waals surface area contributed by atoms with Gasteiger partial charge in [0.25, 0.3) is 5.56 Å². The highest BCUT2D eigenvalue weighted by atomic mass is 35.5. The summed E-state index contributed by atoms with van der Waals surface area (Å²) in [7, 11) is 1.30. The first kappa shape index (κ1) is 26.6. The van der Waals surface area contributed by atoms with Crippen molar-refractivity contribution in [3.05, 3.63) is 55.7 Å². The number of nitrogens with zero attached hydrogens (tertiary/aromatic N) is 5. The lowest BCUT2D eigenvalue weighted by Gasteiger charge is -2.40. The molecule has 0 saturated carbocycles. The predicted octanol–water partition coefficient (Wildman–Crippen LogP) is 1.11. The van der Waals surface area contributed by atoms with Gasteiger partial charge in [-0.15, -0.1) is 11.0 Å². The van der Waals surface area contributed by atoms with E-state index in [0.717, 1.165) is 9.13 Å². The monoisotopic (exact) mass is 540 g/mol. The Balaban J connectivity index is 1.91. The number of rotatable bonds is 5. The van der Waals surface area contributed by atoms with E-state index in [-0.39, 0.29) is 24.6 Å². The SMILES string of the molecule is CC#CCN1c2c(n(C)c(=O)n(Cc3ccc(Cl)cc3)c2=O)N(OC(=O)C(F)(F)F)C1N1CCNCC1. The number of nitrogens with one attached hydrogen (secondary N) is 1. The average molecular weight is 541 g/mol. The molecule has 0 aliphatic carbocycles. The van der Waals surface area contributed by atoms with Gasteiger partial charge in [0.1, 0.15) is 0 Å². The van der Waals surface area contributed by atoms with E-state index in [4.69, 9.17) is 16.4 Å². The van der Waals surface area contributed by atoms with Gasteiger partial charge in [0, 0.05) is 38.2 Å².